The molecule has 0 fully saturated rings. The Kier molecular flexibility index (Phi) is 3.00. The zero-order valence-electron chi connectivity index (χ0n) is 5.42. The van der Waals surface area contributed by atoms with Crippen LogP contribution in [-0.2, 0) is 9.53 Å². The lowest BCUT2D eigenvalue weighted by molar-refractivity contribution is -0.153. The highest BCUT2D eigenvalue weighted by Crippen LogP contribution is 2.12. The van der Waals surface area contributed by atoms with Crippen molar-refractivity contribution in [2.24, 2.45) is 0 Å². The lowest BCUT2D eigenvalue weighted by atomic mass is 10.2. The van der Waals surface area contributed by atoms with Gasteiger partial charge in [-0.2, -0.15) is 12.6 Å². The van der Waals surface area contributed by atoms with E-state index in [1.165, 1.54) is 0 Å². The summed E-state index contributed by atoms with van der Waals surface area (Å²) in [6, 6.07) is 0. The first-order chi connectivity index (χ1) is 3.98. The van der Waals surface area contributed by atoms with Crippen molar-refractivity contribution in [2.75, 3.05) is 6.79 Å². The number of esters is 1. The Labute approximate surface area is 59.4 Å². The van der Waals surface area contributed by atoms with Gasteiger partial charge in [-0.25, -0.2) is 0 Å². The number of rotatable bonds is 2. The maximum absolute atomic E-state index is 10.6. The SMILES string of the molecule is CC(C)(S)C(=O)OCO. The summed E-state index contributed by atoms with van der Waals surface area (Å²) >= 11 is 3.90. The summed E-state index contributed by atoms with van der Waals surface area (Å²) in [5, 5.41) is 8.12. The lowest BCUT2D eigenvalue weighted by Gasteiger charge is -2.13. The van der Waals surface area contributed by atoms with Crippen LogP contribution in [0, 0.1) is 0 Å². The average Bonchev–Trinajstić information content (AvgIpc) is 1.64. The van der Waals surface area contributed by atoms with Crippen molar-refractivity contribution in [3.05, 3.63) is 0 Å². The topological polar surface area (TPSA) is 46.5 Å². The van der Waals surface area contributed by atoms with Gasteiger partial charge in [0.05, 0.1) is 0 Å². The molecule has 0 amide bonds. The Morgan fingerprint density at radius 2 is 2.22 bits per heavy atom. The van der Waals surface area contributed by atoms with E-state index in [-0.39, 0.29) is 0 Å². The molecule has 0 bridgehead atoms. The van der Waals surface area contributed by atoms with Crippen LogP contribution in [0.1, 0.15) is 13.8 Å². The minimum absolute atomic E-state index is 0.520. The van der Waals surface area contributed by atoms with Crippen LogP contribution in [0.2, 0.25) is 0 Å². The second-order valence-corrected chi connectivity index (χ2v) is 3.24. The summed E-state index contributed by atoms with van der Waals surface area (Å²) in [4.78, 5) is 10.6. The van der Waals surface area contributed by atoms with Gasteiger partial charge in [-0.05, 0) is 13.8 Å². The van der Waals surface area contributed by atoms with Gasteiger partial charge in [0, 0.05) is 0 Å². The van der Waals surface area contributed by atoms with E-state index in [0.717, 1.165) is 0 Å². The number of hydrogen-bond donors (Lipinski definition) is 2. The van der Waals surface area contributed by atoms with E-state index in [4.69, 9.17) is 5.11 Å². The highest BCUT2D eigenvalue weighted by Gasteiger charge is 2.23. The molecule has 0 heterocycles. The van der Waals surface area contributed by atoms with E-state index in [9.17, 15) is 4.79 Å². The van der Waals surface area contributed by atoms with Gasteiger partial charge in [0.2, 0.25) is 0 Å². The van der Waals surface area contributed by atoms with Gasteiger partial charge < -0.3 is 9.84 Å². The third kappa shape index (κ3) is 3.37. The van der Waals surface area contributed by atoms with Crippen molar-refractivity contribution in [2.45, 2.75) is 18.6 Å². The summed E-state index contributed by atoms with van der Waals surface area (Å²) in [6.45, 7) is 2.60. The molecule has 0 aromatic heterocycles. The number of thiol groups is 1. The third-order valence-corrected chi connectivity index (χ3v) is 0.878. The van der Waals surface area contributed by atoms with Crippen molar-refractivity contribution >= 4 is 18.6 Å². The van der Waals surface area contributed by atoms with Crippen LogP contribution in [0.5, 0.6) is 0 Å². The average molecular weight is 150 g/mol. The zero-order valence-corrected chi connectivity index (χ0v) is 6.31. The number of hydrogen-bond acceptors (Lipinski definition) is 4. The molecule has 0 aliphatic carbocycles. The molecule has 0 rings (SSSR count). The predicted octanol–water partition coefficient (Wildman–Crippen LogP) is 0.188. The molecule has 0 aromatic carbocycles. The maximum Gasteiger partial charge on any atom is 0.323 e. The van der Waals surface area contributed by atoms with Crippen LogP contribution < -0.4 is 0 Å². The predicted molar refractivity (Wildman–Crippen MR) is 36.2 cm³/mol. The van der Waals surface area contributed by atoms with Crippen molar-refractivity contribution in [1.82, 2.24) is 0 Å². The van der Waals surface area contributed by atoms with Gasteiger partial charge in [-0.1, -0.05) is 0 Å². The molecular weight excluding hydrogens is 140 g/mol. The smallest absolute Gasteiger partial charge is 0.323 e. The Morgan fingerprint density at radius 1 is 1.78 bits per heavy atom. The van der Waals surface area contributed by atoms with Crippen molar-refractivity contribution < 1.29 is 14.6 Å². The van der Waals surface area contributed by atoms with E-state index in [2.05, 4.69) is 17.4 Å². The molecule has 0 saturated heterocycles. The molecule has 54 valence electrons. The third-order valence-electron chi connectivity index (χ3n) is 0.695. The highest BCUT2D eigenvalue weighted by atomic mass is 32.1. The van der Waals surface area contributed by atoms with Crippen LogP contribution in [-0.4, -0.2) is 22.6 Å². The van der Waals surface area contributed by atoms with Crippen LogP contribution >= 0.6 is 12.6 Å². The van der Waals surface area contributed by atoms with E-state index < -0.39 is 17.5 Å². The monoisotopic (exact) mass is 150 g/mol. The Hall–Kier alpha value is -0.220. The zero-order chi connectivity index (χ0) is 7.49. The molecule has 3 nitrogen and oxygen atoms in total. The molecule has 0 spiro atoms. The molecule has 9 heavy (non-hydrogen) atoms. The van der Waals surface area contributed by atoms with Gasteiger partial charge in [0.15, 0.2) is 6.79 Å². The van der Waals surface area contributed by atoms with Crippen molar-refractivity contribution in [3.8, 4) is 0 Å². The Bertz CT molecular complexity index is 105. The number of aliphatic hydroxyl groups is 1. The molecule has 0 aromatic rings. The molecule has 0 aliphatic rings. The second-order valence-electron chi connectivity index (χ2n) is 2.12. The maximum atomic E-state index is 10.6. The molecule has 4 heteroatoms. The van der Waals surface area contributed by atoms with E-state index in [1.807, 2.05) is 0 Å². The minimum Gasteiger partial charge on any atom is -0.438 e. The molecule has 0 aliphatic heterocycles. The summed E-state index contributed by atoms with van der Waals surface area (Å²) in [7, 11) is 0. The van der Waals surface area contributed by atoms with Gasteiger partial charge in [0.25, 0.3) is 0 Å². The normalized spacial score (nSPS) is 11.1. The standard InChI is InChI=1S/C5H10O3S/c1-5(2,9)4(7)8-3-6/h6,9H,3H2,1-2H3. The summed E-state index contributed by atoms with van der Waals surface area (Å²) < 4.78 is 3.43. The summed E-state index contributed by atoms with van der Waals surface area (Å²) in [6.07, 6.45) is 0. The van der Waals surface area contributed by atoms with E-state index in [1.54, 1.807) is 13.8 Å². The first-order valence-corrected chi connectivity index (χ1v) is 2.93. The highest BCUT2D eigenvalue weighted by molar-refractivity contribution is 7.82. The largest absolute Gasteiger partial charge is 0.438 e. The van der Waals surface area contributed by atoms with Gasteiger partial charge in [-0.15, -0.1) is 0 Å². The first kappa shape index (κ1) is 8.78. The summed E-state index contributed by atoms with van der Waals surface area (Å²) in [5.74, 6) is -0.520. The molecule has 0 saturated carbocycles. The summed E-state index contributed by atoms with van der Waals surface area (Å²) in [5.41, 5.74) is 0. The fourth-order valence-corrected chi connectivity index (χ4v) is 0.300. The van der Waals surface area contributed by atoms with Gasteiger partial charge in [-0.3, -0.25) is 4.79 Å². The second kappa shape index (κ2) is 3.08. The van der Waals surface area contributed by atoms with Crippen molar-refractivity contribution in [3.63, 3.8) is 0 Å². The molecule has 1 N–H and O–H groups in total. The number of aliphatic hydroxyl groups excluding tert-OH is 1. The fraction of sp³-hybridized carbons (Fsp3) is 0.800. The van der Waals surface area contributed by atoms with Crippen LogP contribution in [0.25, 0.3) is 0 Å². The number of ether oxygens (including phenoxy) is 1. The van der Waals surface area contributed by atoms with Gasteiger partial charge >= 0.3 is 5.97 Å². The van der Waals surface area contributed by atoms with Crippen LogP contribution in [0.4, 0.5) is 0 Å². The molecule has 0 atom stereocenters. The molecule has 0 unspecified atom stereocenters. The minimum atomic E-state index is -0.817. The first-order valence-electron chi connectivity index (χ1n) is 2.49. The fourth-order valence-electron chi connectivity index (χ4n) is 0.235. The van der Waals surface area contributed by atoms with E-state index in [0.29, 0.717) is 0 Å². The van der Waals surface area contributed by atoms with E-state index >= 15 is 0 Å². The Morgan fingerprint density at radius 3 is 2.33 bits per heavy atom. The lowest BCUT2D eigenvalue weighted by Crippen LogP contribution is -2.27. The molecule has 0 radical (unpaired) electrons. The van der Waals surface area contributed by atoms with Crippen LogP contribution in [0.15, 0.2) is 0 Å². The number of carbonyl (C=O) groups is 1. The van der Waals surface area contributed by atoms with Crippen LogP contribution in [0.3, 0.4) is 0 Å². The Balaban J connectivity index is 3.74. The molecular formula is C5H10O3S. The number of carbonyl (C=O) groups excluding carboxylic acids is 1. The quantitative estimate of drug-likeness (QED) is 0.335. The van der Waals surface area contributed by atoms with Crippen molar-refractivity contribution in [1.29, 1.82) is 0 Å². The van der Waals surface area contributed by atoms with Gasteiger partial charge in [0.1, 0.15) is 4.75 Å².